The summed E-state index contributed by atoms with van der Waals surface area (Å²) in [7, 11) is 0. The largest absolute Gasteiger partial charge is 0.452 e. The third-order valence-electron chi connectivity index (χ3n) is 4.29. The minimum atomic E-state index is -0.997. The standard InChI is InChI=1S/C19H25N3O5/c1-5-13-6-8-14(9-7-13)20-16(24)12(2)27-15(23)10-11-22-17(25)19(3,4)21-18(22)26/h6-9,12H,5,10-11H2,1-4H3,(H,20,24)(H,21,26). The van der Waals surface area contributed by atoms with Gasteiger partial charge in [0.25, 0.3) is 11.8 Å². The Morgan fingerprint density at radius 2 is 1.85 bits per heavy atom. The molecule has 1 aliphatic rings. The van der Waals surface area contributed by atoms with E-state index in [2.05, 4.69) is 10.6 Å². The molecule has 1 aromatic rings. The molecule has 0 spiro atoms. The first-order valence-corrected chi connectivity index (χ1v) is 8.87. The maximum Gasteiger partial charge on any atom is 0.325 e. The van der Waals surface area contributed by atoms with Crippen molar-refractivity contribution < 1.29 is 23.9 Å². The molecule has 146 valence electrons. The van der Waals surface area contributed by atoms with Gasteiger partial charge in [-0.15, -0.1) is 0 Å². The first-order valence-electron chi connectivity index (χ1n) is 8.87. The first kappa shape index (κ1) is 20.4. The molecule has 27 heavy (non-hydrogen) atoms. The predicted octanol–water partition coefficient (Wildman–Crippen LogP) is 1.84. The number of nitrogens with zero attached hydrogens (tertiary/aromatic N) is 1. The number of anilines is 1. The Morgan fingerprint density at radius 3 is 2.37 bits per heavy atom. The second-order valence-electron chi connectivity index (χ2n) is 6.93. The van der Waals surface area contributed by atoms with Crippen molar-refractivity contribution in [2.45, 2.75) is 52.2 Å². The van der Waals surface area contributed by atoms with Gasteiger partial charge in [-0.2, -0.15) is 0 Å². The number of amides is 4. The van der Waals surface area contributed by atoms with Crippen LogP contribution in [0.5, 0.6) is 0 Å². The molecule has 0 radical (unpaired) electrons. The fraction of sp³-hybridized carbons (Fsp3) is 0.474. The van der Waals surface area contributed by atoms with E-state index in [9.17, 15) is 19.2 Å². The minimum Gasteiger partial charge on any atom is -0.452 e. The molecule has 1 atom stereocenters. The maximum atomic E-state index is 12.1. The van der Waals surface area contributed by atoms with E-state index in [0.717, 1.165) is 16.9 Å². The third-order valence-corrected chi connectivity index (χ3v) is 4.29. The van der Waals surface area contributed by atoms with Crippen LogP contribution in [-0.4, -0.2) is 46.9 Å². The van der Waals surface area contributed by atoms with Gasteiger partial charge in [0.05, 0.1) is 6.42 Å². The first-order chi connectivity index (χ1) is 12.6. The maximum absolute atomic E-state index is 12.1. The number of benzene rings is 1. The Kier molecular flexibility index (Phi) is 6.20. The van der Waals surface area contributed by atoms with E-state index >= 15 is 0 Å². The zero-order valence-corrected chi connectivity index (χ0v) is 16.0. The highest BCUT2D eigenvalue weighted by Gasteiger charge is 2.44. The smallest absolute Gasteiger partial charge is 0.325 e. The van der Waals surface area contributed by atoms with Crippen molar-refractivity contribution in [2.24, 2.45) is 0 Å². The van der Waals surface area contributed by atoms with Crippen LogP contribution in [0, 0.1) is 0 Å². The second kappa shape index (κ2) is 8.20. The summed E-state index contributed by atoms with van der Waals surface area (Å²) >= 11 is 0. The normalized spacial score (nSPS) is 16.7. The number of ether oxygens (including phenoxy) is 1. The minimum absolute atomic E-state index is 0.0975. The lowest BCUT2D eigenvalue weighted by atomic mass is 10.1. The summed E-state index contributed by atoms with van der Waals surface area (Å²) in [6.07, 6.45) is -0.280. The lowest BCUT2D eigenvalue weighted by Gasteiger charge is -2.17. The Labute approximate surface area is 158 Å². The van der Waals surface area contributed by atoms with Crippen molar-refractivity contribution in [3.05, 3.63) is 29.8 Å². The van der Waals surface area contributed by atoms with Gasteiger partial charge in [-0.25, -0.2) is 4.79 Å². The predicted molar refractivity (Wildman–Crippen MR) is 98.9 cm³/mol. The van der Waals surface area contributed by atoms with Crippen molar-refractivity contribution in [2.75, 3.05) is 11.9 Å². The van der Waals surface area contributed by atoms with E-state index in [-0.39, 0.29) is 13.0 Å². The molecule has 8 nitrogen and oxygen atoms in total. The Balaban J connectivity index is 1.81. The number of imide groups is 1. The van der Waals surface area contributed by atoms with Gasteiger partial charge in [0.2, 0.25) is 0 Å². The SMILES string of the molecule is CCc1ccc(NC(=O)C(C)OC(=O)CCN2C(=O)NC(C)(C)C2=O)cc1. The lowest BCUT2D eigenvalue weighted by molar-refractivity contribution is -0.153. The molecular formula is C19H25N3O5. The molecule has 0 saturated carbocycles. The van der Waals surface area contributed by atoms with Crippen molar-refractivity contribution in [1.82, 2.24) is 10.2 Å². The average Bonchev–Trinajstić information content (AvgIpc) is 2.81. The fourth-order valence-corrected chi connectivity index (χ4v) is 2.60. The summed E-state index contributed by atoms with van der Waals surface area (Å²) in [5.41, 5.74) is 0.777. The third kappa shape index (κ3) is 5.06. The van der Waals surface area contributed by atoms with E-state index in [4.69, 9.17) is 4.74 Å². The summed E-state index contributed by atoms with van der Waals surface area (Å²) in [6, 6.07) is 6.84. The van der Waals surface area contributed by atoms with Gasteiger partial charge < -0.3 is 15.4 Å². The van der Waals surface area contributed by atoms with Gasteiger partial charge in [0.1, 0.15) is 5.54 Å². The Bertz CT molecular complexity index is 742. The number of hydrogen-bond donors (Lipinski definition) is 2. The van der Waals surface area contributed by atoms with E-state index in [1.54, 1.807) is 26.0 Å². The lowest BCUT2D eigenvalue weighted by Crippen LogP contribution is -2.40. The molecule has 0 bridgehead atoms. The zero-order chi connectivity index (χ0) is 20.2. The molecule has 0 aliphatic carbocycles. The van der Waals surface area contributed by atoms with Gasteiger partial charge in [-0.3, -0.25) is 19.3 Å². The van der Waals surface area contributed by atoms with Gasteiger partial charge in [0, 0.05) is 12.2 Å². The van der Waals surface area contributed by atoms with Crippen molar-refractivity contribution >= 4 is 29.5 Å². The number of carbonyl (C=O) groups is 4. The molecule has 8 heteroatoms. The molecule has 1 aromatic carbocycles. The fourth-order valence-electron chi connectivity index (χ4n) is 2.60. The number of carbonyl (C=O) groups excluding carboxylic acids is 4. The van der Waals surface area contributed by atoms with E-state index in [1.165, 1.54) is 6.92 Å². The van der Waals surface area contributed by atoms with E-state index in [1.807, 2.05) is 19.1 Å². The van der Waals surface area contributed by atoms with Crippen LogP contribution in [0.2, 0.25) is 0 Å². The molecule has 1 fully saturated rings. The van der Waals surface area contributed by atoms with Gasteiger partial charge in [-0.05, 0) is 44.9 Å². The molecular weight excluding hydrogens is 350 g/mol. The van der Waals surface area contributed by atoms with Crippen molar-refractivity contribution in [3.63, 3.8) is 0 Å². The summed E-state index contributed by atoms with van der Waals surface area (Å²) in [5, 5.41) is 5.21. The summed E-state index contributed by atoms with van der Waals surface area (Å²) in [5.74, 6) is -1.52. The number of urea groups is 1. The summed E-state index contributed by atoms with van der Waals surface area (Å²) < 4.78 is 5.09. The molecule has 0 aromatic heterocycles. The van der Waals surface area contributed by atoms with Crippen LogP contribution in [0.3, 0.4) is 0 Å². The van der Waals surface area contributed by atoms with Crippen LogP contribution in [0.25, 0.3) is 0 Å². The van der Waals surface area contributed by atoms with Crippen LogP contribution in [0.15, 0.2) is 24.3 Å². The quantitative estimate of drug-likeness (QED) is 0.559. The highest BCUT2D eigenvalue weighted by Crippen LogP contribution is 2.17. The van der Waals surface area contributed by atoms with E-state index < -0.39 is 35.5 Å². The number of aryl methyl sites for hydroxylation is 1. The molecule has 1 aliphatic heterocycles. The van der Waals surface area contributed by atoms with Gasteiger partial charge in [0.15, 0.2) is 6.10 Å². The highest BCUT2D eigenvalue weighted by atomic mass is 16.5. The number of rotatable bonds is 7. The van der Waals surface area contributed by atoms with Crippen LogP contribution in [0.4, 0.5) is 10.5 Å². The molecule has 1 unspecified atom stereocenters. The van der Waals surface area contributed by atoms with Gasteiger partial charge in [-0.1, -0.05) is 19.1 Å². The van der Waals surface area contributed by atoms with Crippen LogP contribution in [-0.2, 0) is 25.5 Å². The summed E-state index contributed by atoms with van der Waals surface area (Å²) in [6.45, 7) is 6.58. The number of nitrogens with one attached hydrogen (secondary N) is 2. The van der Waals surface area contributed by atoms with Crippen molar-refractivity contribution in [1.29, 1.82) is 0 Å². The molecule has 2 rings (SSSR count). The number of esters is 1. The molecule has 1 saturated heterocycles. The van der Waals surface area contributed by atoms with Crippen LogP contribution < -0.4 is 10.6 Å². The Morgan fingerprint density at radius 1 is 1.22 bits per heavy atom. The monoisotopic (exact) mass is 375 g/mol. The van der Waals surface area contributed by atoms with Gasteiger partial charge >= 0.3 is 12.0 Å². The van der Waals surface area contributed by atoms with Crippen LogP contribution in [0.1, 0.15) is 39.7 Å². The van der Waals surface area contributed by atoms with E-state index in [0.29, 0.717) is 5.69 Å². The zero-order valence-electron chi connectivity index (χ0n) is 16.0. The Hall–Kier alpha value is -2.90. The highest BCUT2D eigenvalue weighted by molar-refractivity contribution is 6.06. The molecule has 1 heterocycles. The summed E-state index contributed by atoms with van der Waals surface area (Å²) in [4.78, 5) is 48.9. The molecule has 4 amide bonds. The average molecular weight is 375 g/mol. The topological polar surface area (TPSA) is 105 Å². The van der Waals surface area contributed by atoms with Crippen LogP contribution >= 0.6 is 0 Å². The van der Waals surface area contributed by atoms with Crippen molar-refractivity contribution in [3.8, 4) is 0 Å². The molecule has 2 N–H and O–H groups in total. The number of hydrogen-bond acceptors (Lipinski definition) is 5. The second-order valence-corrected chi connectivity index (χ2v) is 6.93.